The zero-order valence-electron chi connectivity index (χ0n) is 18.8. The predicted octanol–water partition coefficient (Wildman–Crippen LogP) is 3.99. The number of fused-ring (bicyclic) bond motifs is 2. The molecule has 2 aliphatic rings. The second-order valence-corrected chi connectivity index (χ2v) is 9.35. The Morgan fingerprint density at radius 2 is 2.18 bits per heavy atom. The lowest BCUT2D eigenvalue weighted by molar-refractivity contribution is -0.0525. The fourth-order valence-electron chi connectivity index (χ4n) is 5.07. The van der Waals surface area contributed by atoms with Gasteiger partial charge in [-0.2, -0.15) is 5.10 Å². The van der Waals surface area contributed by atoms with Gasteiger partial charge in [-0.3, -0.25) is 4.68 Å². The van der Waals surface area contributed by atoms with E-state index in [0.29, 0.717) is 39.8 Å². The second kappa shape index (κ2) is 8.42. The summed E-state index contributed by atoms with van der Waals surface area (Å²) in [5, 5.41) is 16.3. The Balaban J connectivity index is 1.43. The van der Waals surface area contributed by atoms with Crippen LogP contribution in [0.25, 0.3) is 11.4 Å². The zero-order chi connectivity index (χ0) is 23.2. The van der Waals surface area contributed by atoms with Crippen LogP contribution in [0.2, 0.25) is 5.02 Å². The number of carbonyl (C=O) groups excluding carboxylic acids is 1. The van der Waals surface area contributed by atoms with Crippen molar-refractivity contribution in [3.05, 3.63) is 41.3 Å². The molecule has 10 nitrogen and oxygen atoms in total. The average Bonchev–Trinajstić information content (AvgIpc) is 3.33. The first-order valence-corrected chi connectivity index (χ1v) is 11.3. The molecule has 2 aromatic heterocycles. The molecule has 5 rings (SSSR count). The number of urea groups is 1. The summed E-state index contributed by atoms with van der Waals surface area (Å²) < 4.78 is 12.7. The first kappa shape index (κ1) is 21.8. The summed E-state index contributed by atoms with van der Waals surface area (Å²) in [6.07, 6.45) is 5.18. The van der Waals surface area contributed by atoms with E-state index in [1.54, 1.807) is 43.4 Å². The molecule has 3 heterocycles. The van der Waals surface area contributed by atoms with Crippen molar-refractivity contribution >= 4 is 23.3 Å². The minimum atomic E-state index is -0.610. The molecule has 1 aromatic carbocycles. The van der Waals surface area contributed by atoms with E-state index in [-0.39, 0.29) is 18.7 Å². The molecule has 0 spiro atoms. The number of methoxy groups -OCH3 is 1. The number of halogens is 1. The van der Waals surface area contributed by atoms with Crippen LogP contribution in [0.5, 0.6) is 0 Å². The van der Waals surface area contributed by atoms with E-state index < -0.39 is 5.54 Å². The summed E-state index contributed by atoms with van der Waals surface area (Å²) in [5.41, 5.74) is 0.659. The van der Waals surface area contributed by atoms with Gasteiger partial charge in [-0.05, 0) is 43.4 Å². The van der Waals surface area contributed by atoms with Crippen molar-refractivity contribution in [1.82, 2.24) is 29.9 Å². The topological polar surface area (TPSA) is 111 Å². The molecule has 174 valence electrons. The highest BCUT2D eigenvalue weighted by Crippen LogP contribution is 2.53. The largest absolute Gasteiger partial charge is 0.420 e. The molecule has 0 unspecified atom stereocenters. The van der Waals surface area contributed by atoms with Gasteiger partial charge in [-0.1, -0.05) is 18.5 Å². The van der Waals surface area contributed by atoms with Gasteiger partial charge in [0, 0.05) is 37.9 Å². The molecular weight excluding hydrogens is 446 g/mol. The molecule has 1 N–H and O–H groups in total. The molecule has 0 radical (unpaired) electrons. The summed E-state index contributed by atoms with van der Waals surface area (Å²) >= 11 is 6.37. The predicted molar refractivity (Wildman–Crippen MR) is 120 cm³/mol. The molecule has 3 atom stereocenters. The van der Waals surface area contributed by atoms with Gasteiger partial charge in [-0.15, -0.1) is 10.2 Å². The highest BCUT2D eigenvalue weighted by molar-refractivity contribution is 6.33. The minimum Gasteiger partial charge on any atom is -0.420 e. The molecule has 2 amide bonds. The van der Waals surface area contributed by atoms with E-state index in [2.05, 4.69) is 32.5 Å². The van der Waals surface area contributed by atoms with Crippen LogP contribution in [0.15, 0.2) is 28.9 Å². The van der Waals surface area contributed by atoms with Crippen molar-refractivity contribution in [3.8, 4) is 11.4 Å². The van der Waals surface area contributed by atoms with Crippen molar-refractivity contribution in [1.29, 1.82) is 0 Å². The molecule has 3 aromatic rings. The molecular formula is C22H26ClN7O3. The number of aryl methyl sites for hydroxylation is 1. The van der Waals surface area contributed by atoms with Gasteiger partial charge in [0.2, 0.25) is 11.8 Å². The van der Waals surface area contributed by atoms with Gasteiger partial charge in [0.05, 0.1) is 5.02 Å². The van der Waals surface area contributed by atoms with Crippen molar-refractivity contribution < 1.29 is 13.9 Å². The number of amides is 2. The normalized spacial score (nSPS) is 24.3. The maximum absolute atomic E-state index is 13.5. The lowest BCUT2D eigenvalue weighted by atomic mass is 9.75. The molecule has 1 aliphatic carbocycles. The van der Waals surface area contributed by atoms with Crippen LogP contribution < -0.4 is 5.32 Å². The molecule has 11 heteroatoms. The number of ether oxygens (including phenoxy) is 1. The smallest absolute Gasteiger partial charge is 0.322 e. The molecule has 1 saturated heterocycles. The number of hydrogen-bond acceptors (Lipinski definition) is 7. The third kappa shape index (κ3) is 3.87. The fraction of sp³-hybridized carbons (Fsp3) is 0.500. The summed E-state index contributed by atoms with van der Waals surface area (Å²) in [6, 6.07) is 5.22. The fourth-order valence-corrected chi connectivity index (χ4v) is 5.27. The van der Waals surface area contributed by atoms with Crippen LogP contribution >= 0.6 is 11.6 Å². The van der Waals surface area contributed by atoms with Crippen LogP contribution in [0, 0.1) is 5.92 Å². The lowest BCUT2D eigenvalue weighted by Gasteiger charge is -2.55. The van der Waals surface area contributed by atoms with E-state index in [1.165, 1.54) is 0 Å². The summed E-state index contributed by atoms with van der Waals surface area (Å²) in [7, 11) is 3.37. The number of hydrogen-bond donors (Lipinski definition) is 1. The number of rotatable bonds is 5. The summed E-state index contributed by atoms with van der Waals surface area (Å²) in [4.78, 5) is 19.7. The first-order valence-electron chi connectivity index (χ1n) is 11.0. The monoisotopic (exact) mass is 471 g/mol. The number of anilines is 1. The van der Waals surface area contributed by atoms with Crippen molar-refractivity contribution in [2.75, 3.05) is 12.4 Å². The van der Waals surface area contributed by atoms with Crippen molar-refractivity contribution in [3.63, 3.8) is 0 Å². The Morgan fingerprint density at radius 1 is 1.33 bits per heavy atom. The average molecular weight is 472 g/mol. The number of nitrogens with one attached hydrogen (secondary N) is 1. The third-order valence-corrected chi connectivity index (χ3v) is 6.82. The van der Waals surface area contributed by atoms with Crippen molar-refractivity contribution in [2.24, 2.45) is 13.0 Å². The van der Waals surface area contributed by atoms with Gasteiger partial charge in [0.15, 0.2) is 5.82 Å². The minimum absolute atomic E-state index is 0.122. The molecule has 1 aliphatic heterocycles. The SMILES string of the molecule is COCc1nnc([C@]23C[C@H](C)CC[C@H](C2)N3C(=O)Nc2ccc(Cl)c(-c3ncn(C)n3)c2)o1. The standard InChI is InChI=1S/C22H26ClN7O3/c1-13-4-6-15-10-22(9-13,20-27-26-18(33-20)11-32-3)30(15)21(31)25-14-5-7-17(23)16(8-14)19-24-12-29(2)28-19/h5,7-8,12-13,15H,4,6,9-11H2,1-3H3,(H,25,31)/t13-,15-,22+/m1/s1. The van der Waals surface area contributed by atoms with Crippen LogP contribution in [-0.4, -0.2) is 49.0 Å². The van der Waals surface area contributed by atoms with E-state index in [9.17, 15) is 4.79 Å². The van der Waals surface area contributed by atoms with Gasteiger partial charge in [-0.25, -0.2) is 9.78 Å². The van der Waals surface area contributed by atoms with Crippen molar-refractivity contribution in [2.45, 2.75) is 50.8 Å². The number of likely N-dealkylation sites (tertiary alicyclic amines) is 1. The van der Waals surface area contributed by atoms with Gasteiger partial charge in [0.25, 0.3) is 0 Å². The van der Waals surface area contributed by atoms with Crippen LogP contribution in [-0.2, 0) is 23.9 Å². The van der Waals surface area contributed by atoms with E-state index in [0.717, 1.165) is 25.7 Å². The van der Waals surface area contributed by atoms with Crippen LogP contribution in [0.3, 0.4) is 0 Å². The Morgan fingerprint density at radius 3 is 2.94 bits per heavy atom. The summed E-state index contributed by atoms with van der Waals surface area (Å²) in [6.45, 7) is 2.44. The Kier molecular flexibility index (Phi) is 5.57. The Hall–Kier alpha value is -2.98. The lowest BCUT2D eigenvalue weighted by Crippen LogP contribution is -2.66. The molecule has 2 bridgehead atoms. The highest BCUT2D eigenvalue weighted by atomic mass is 35.5. The van der Waals surface area contributed by atoms with Crippen LogP contribution in [0.1, 0.15) is 44.4 Å². The number of benzene rings is 1. The second-order valence-electron chi connectivity index (χ2n) is 8.95. The molecule has 2 fully saturated rings. The Bertz CT molecular complexity index is 1180. The zero-order valence-corrected chi connectivity index (χ0v) is 19.5. The maximum Gasteiger partial charge on any atom is 0.322 e. The van der Waals surface area contributed by atoms with Gasteiger partial charge >= 0.3 is 6.03 Å². The molecule has 1 saturated carbocycles. The maximum atomic E-state index is 13.5. The number of carbonyl (C=O) groups is 1. The summed E-state index contributed by atoms with van der Waals surface area (Å²) in [5.74, 6) is 1.82. The van der Waals surface area contributed by atoms with E-state index in [1.807, 2.05) is 4.90 Å². The first-order chi connectivity index (χ1) is 15.9. The van der Waals surface area contributed by atoms with Gasteiger partial charge < -0.3 is 19.4 Å². The number of aromatic nitrogens is 5. The Labute approximate surface area is 196 Å². The van der Waals surface area contributed by atoms with E-state index >= 15 is 0 Å². The third-order valence-electron chi connectivity index (χ3n) is 6.49. The quantitative estimate of drug-likeness (QED) is 0.598. The van der Waals surface area contributed by atoms with Gasteiger partial charge in [0.1, 0.15) is 18.5 Å². The highest BCUT2D eigenvalue weighted by Gasteiger charge is 2.60. The van der Waals surface area contributed by atoms with E-state index in [4.69, 9.17) is 20.8 Å². The molecule has 33 heavy (non-hydrogen) atoms. The van der Waals surface area contributed by atoms with Crippen LogP contribution in [0.4, 0.5) is 10.5 Å². The number of nitrogens with zero attached hydrogens (tertiary/aromatic N) is 6.